The zero-order valence-electron chi connectivity index (χ0n) is 17.7. The molecule has 1 saturated heterocycles. The predicted molar refractivity (Wildman–Crippen MR) is 112 cm³/mol. The Morgan fingerprint density at radius 3 is 2.00 bits per heavy atom. The van der Waals surface area contributed by atoms with Crippen molar-refractivity contribution in [3.8, 4) is 5.75 Å². The Morgan fingerprint density at radius 1 is 0.906 bits per heavy atom. The molecule has 1 aromatic rings. The molecule has 176 valence electrons. The van der Waals surface area contributed by atoms with E-state index in [1.165, 1.54) is 12.1 Å². The average molecular weight is 568 g/mol. The molecule has 1 aromatic carbocycles. The Morgan fingerprint density at radius 2 is 1.47 bits per heavy atom. The van der Waals surface area contributed by atoms with Crippen molar-refractivity contribution in [2.75, 3.05) is 6.61 Å². The number of benzene rings is 1. The summed E-state index contributed by atoms with van der Waals surface area (Å²) in [7, 11) is 0. The van der Waals surface area contributed by atoms with E-state index >= 15 is 0 Å². The molecule has 0 aliphatic carbocycles. The van der Waals surface area contributed by atoms with Crippen molar-refractivity contribution in [3.05, 3.63) is 27.6 Å². The Labute approximate surface area is 196 Å². The van der Waals surface area contributed by atoms with E-state index in [9.17, 15) is 23.6 Å². The van der Waals surface area contributed by atoms with Crippen LogP contribution in [0.25, 0.3) is 0 Å². The highest BCUT2D eigenvalue weighted by molar-refractivity contribution is 14.1. The molecule has 1 aliphatic rings. The van der Waals surface area contributed by atoms with E-state index in [1.807, 2.05) is 22.6 Å². The lowest BCUT2D eigenvalue weighted by Gasteiger charge is -2.43. The second-order valence-corrected chi connectivity index (χ2v) is 8.01. The first-order valence-electron chi connectivity index (χ1n) is 9.40. The number of halogens is 2. The number of ether oxygens (including phenoxy) is 6. The van der Waals surface area contributed by atoms with Gasteiger partial charge in [-0.25, -0.2) is 4.39 Å². The summed E-state index contributed by atoms with van der Waals surface area (Å²) in [6.07, 6.45) is -6.83. The SMILES string of the molecule is CC(=O)OCC1O[C@H](Oc2ccc(I)cc2F)[C@H](OC(C)=O)C(OC(C)=O)[C@@H]1OC(C)=O. The monoisotopic (exact) mass is 568 g/mol. The van der Waals surface area contributed by atoms with Crippen LogP contribution < -0.4 is 4.74 Å². The van der Waals surface area contributed by atoms with Gasteiger partial charge in [-0.2, -0.15) is 0 Å². The molecular weight excluding hydrogens is 546 g/mol. The molecule has 5 atom stereocenters. The van der Waals surface area contributed by atoms with Crippen LogP contribution >= 0.6 is 22.6 Å². The molecule has 1 aliphatic heterocycles. The molecule has 0 bridgehead atoms. The number of hydrogen-bond donors (Lipinski definition) is 0. The molecule has 0 radical (unpaired) electrons. The maximum Gasteiger partial charge on any atom is 0.303 e. The van der Waals surface area contributed by atoms with E-state index in [2.05, 4.69) is 0 Å². The van der Waals surface area contributed by atoms with E-state index in [0.717, 1.165) is 27.7 Å². The Bertz CT molecular complexity index is 876. The maximum atomic E-state index is 14.4. The average Bonchev–Trinajstić information content (AvgIpc) is 2.65. The molecule has 0 spiro atoms. The highest BCUT2D eigenvalue weighted by Crippen LogP contribution is 2.32. The van der Waals surface area contributed by atoms with Crippen LogP contribution in [-0.4, -0.2) is 61.2 Å². The van der Waals surface area contributed by atoms with Gasteiger partial charge in [0.05, 0.1) is 0 Å². The van der Waals surface area contributed by atoms with E-state index in [4.69, 9.17) is 28.4 Å². The van der Waals surface area contributed by atoms with Gasteiger partial charge in [0.1, 0.15) is 12.7 Å². The first-order chi connectivity index (χ1) is 15.0. The van der Waals surface area contributed by atoms with Crippen molar-refractivity contribution >= 4 is 46.5 Å². The van der Waals surface area contributed by atoms with Gasteiger partial charge in [0.2, 0.25) is 12.4 Å². The number of carbonyl (C=O) groups is 4. The van der Waals surface area contributed by atoms with Crippen LogP contribution in [0.5, 0.6) is 5.75 Å². The van der Waals surface area contributed by atoms with Gasteiger partial charge in [-0.3, -0.25) is 19.2 Å². The normalized spacial score (nSPS) is 24.8. The zero-order chi connectivity index (χ0) is 24.0. The molecule has 12 heteroatoms. The molecule has 2 rings (SSSR count). The van der Waals surface area contributed by atoms with Crippen LogP contribution in [0.2, 0.25) is 0 Å². The third-order valence-electron chi connectivity index (χ3n) is 4.09. The molecule has 0 aromatic heterocycles. The largest absolute Gasteiger partial charge is 0.463 e. The summed E-state index contributed by atoms with van der Waals surface area (Å²) in [6.45, 7) is 4.05. The summed E-state index contributed by atoms with van der Waals surface area (Å²) in [5, 5.41) is 0. The smallest absolute Gasteiger partial charge is 0.303 e. The second-order valence-electron chi connectivity index (χ2n) is 6.76. The van der Waals surface area contributed by atoms with Crippen molar-refractivity contribution in [1.29, 1.82) is 0 Å². The van der Waals surface area contributed by atoms with Crippen LogP contribution in [-0.2, 0) is 42.9 Å². The first-order valence-corrected chi connectivity index (χ1v) is 10.5. The summed E-state index contributed by atoms with van der Waals surface area (Å²) >= 11 is 1.91. The summed E-state index contributed by atoms with van der Waals surface area (Å²) in [4.78, 5) is 46.5. The lowest BCUT2D eigenvalue weighted by Crippen LogP contribution is -2.63. The summed E-state index contributed by atoms with van der Waals surface area (Å²) in [6, 6.07) is 4.12. The highest BCUT2D eigenvalue weighted by Gasteiger charge is 2.53. The molecule has 10 nitrogen and oxygen atoms in total. The fourth-order valence-corrected chi connectivity index (χ4v) is 3.43. The molecule has 0 amide bonds. The molecule has 32 heavy (non-hydrogen) atoms. The van der Waals surface area contributed by atoms with Crippen molar-refractivity contribution in [2.24, 2.45) is 0 Å². The van der Waals surface area contributed by atoms with Gasteiger partial charge in [0.15, 0.2) is 23.8 Å². The Balaban J connectivity index is 2.47. The van der Waals surface area contributed by atoms with E-state index in [1.54, 1.807) is 6.07 Å². The molecular formula is C20H22FIO10. The van der Waals surface area contributed by atoms with Gasteiger partial charge in [-0.1, -0.05) is 0 Å². The van der Waals surface area contributed by atoms with Crippen molar-refractivity contribution in [3.63, 3.8) is 0 Å². The maximum absolute atomic E-state index is 14.4. The number of carbonyl (C=O) groups excluding carboxylic acids is 4. The van der Waals surface area contributed by atoms with Gasteiger partial charge in [-0.05, 0) is 40.8 Å². The van der Waals surface area contributed by atoms with E-state index in [0.29, 0.717) is 3.57 Å². The third kappa shape index (κ3) is 7.29. The van der Waals surface area contributed by atoms with Crippen LogP contribution in [0, 0.1) is 9.39 Å². The van der Waals surface area contributed by atoms with Crippen LogP contribution in [0.15, 0.2) is 18.2 Å². The van der Waals surface area contributed by atoms with Crippen molar-refractivity contribution in [1.82, 2.24) is 0 Å². The second kappa shape index (κ2) is 11.4. The number of esters is 4. The summed E-state index contributed by atoms with van der Waals surface area (Å²) < 4.78 is 47.1. The molecule has 2 unspecified atom stereocenters. The van der Waals surface area contributed by atoms with Gasteiger partial charge in [0, 0.05) is 31.3 Å². The Hall–Kier alpha value is -2.48. The van der Waals surface area contributed by atoms with Crippen molar-refractivity contribution in [2.45, 2.75) is 58.4 Å². The fraction of sp³-hybridized carbons (Fsp3) is 0.500. The number of hydrogen-bond acceptors (Lipinski definition) is 10. The van der Waals surface area contributed by atoms with E-state index in [-0.39, 0.29) is 5.75 Å². The minimum atomic E-state index is -1.50. The zero-order valence-corrected chi connectivity index (χ0v) is 19.8. The third-order valence-corrected chi connectivity index (χ3v) is 4.76. The lowest BCUT2D eigenvalue weighted by molar-refractivity contribution is -0.288. The topological polar surface area (TPSA) is 124 Å². The van der Waals surface area contributed by atoms with Crippen LogP contribution in [0.4, 0.5) is 4.39 Å². The number of rotatable bonds is 7. The first kappa shape index (κ1) is 25.8. The molecule has 0 N–H and O–H groups in total. The lowest BCUT2D eigenvalue weighted by atomic mass is 9.98. The van der Waals surface area contributed by atoms with Gasteiger partial charge < -0.3 is 28.4 Å². The predicted octanol–water partition coefficient (Wildman–Crippen LogP) is 1.89. The van der Waals surface area contributed by atoms with Gasteiger partial charge in [0.25, 0.3) is 0 Å². The molecule has 1 heterocycles. The van der Waals surface area contributed by atoms with E-state index < -0.39 is 67.0 Å². The van der Waals surface area contributed by atoms with Crippen LogP contribution in [0.1, 0.15) is 27.7 Å². The standard InChI is InChI=1S/C20H22FIO10/c1-9(23)27-8-16-17(28-10(2)24)18(29-11(3)25)19(30-12(4)26)20(32-16)31-15-6-5-13(22)7-14(15)21/h5-7,16-20H,8H2,1-4H3/t16?,17-,18?,19-,20+/m1/s1. The van der Waals surface area contributed by atoms with Gasteiger partial charge in [-0.15, -0.1) is 0 Å². The minimum absolute atomic E-state index is 0.230. The highest BCUT2D eigenvalue weighted by atomic mass is 127. The quantitative estimate of drug-likeness (QED) is 0.274. The molecule has 0 saturated carbocycles. The fourth-order valence-electron chi connectivity index (χ4n) is 2.98. The molecule has 1 fully saturated rings. The Kier molecular flexibility index (Phi) is 9.19. The van der Waals surface area contributed by atoms with Crippen molar-refractivity contribution < 1.29 is 52.0 Å². The van der Waals surface area contributed by atoms with Crippen LogP contribution in [0.3, 0.4) is 0 Å². The summed E-state index contributed by atoms with van der Waals surface area (Å²) in [5.74, 6) is -3.92. The minimum Gasteiger partial charge on any atom is -0.463 e. The van der Waals surface area contributed by atoms with Gasteiger partial charge >= 0.3 is 23.9 Å². The summed E-state index contributed by atoms with van der Waals surface area (Å²) in [5.41, 5.74) is 0.